The molecule has 1 aliphatic rings. The number of hydrogen-bond acceptors (Lipinski definition) is 4. The van der Waals surface area contributed by atoms with Crippen molar-refractivity contribution in [1.82, 2.24) is 4.98 Å². The zero-order valence-corrected chi connectivity index (χ0v) is 10.0. The fourth-order valence-electron chi connectivity index (χ4n) is 2.03. The summed E-state index contributed by atoms with van der Waals surface area (Å²) in [7, 11) is 0. The first kappa shape index (κ1) is 10.1. The van der Waals surface area contributed by atoms with Gasteiger partial charge in [-0.3, -0.25) is 0 Å². The van der Waals surface area contributed by atoms with Crippen molar-refractivity contribution in [2.45, 2.75) is 25.7 Å². The Morgan fingerprint density at radius 1 is 1.56 bits per heavy atom. The van der Waals surface area contributed by atoms with Crippen LogP contribution in [0.25, 0.3) is 11.3 Å². The van der Waals surface area contributed by atoms with Gasteiger partial charge in [-0.2, -0.15) is 0 Å². The number of nitrogens with zero attached hydrogens (tertiary/aromatic N) is 1. The highest BCUT2D eigenvalue weighted by Gasteiger charge is 2.24. The van der Waals surface area contributed by atoms with Crippen molar-refractivity contribution in [2.24, 2.45) is 5.73 Å². The molecule has 0 fully saturated rings. The number of hydrogen-bond donors (Lipinski definition) is 1. The number of aryl methyl sites for hydroxylation is 2. The lowest BCUT2D eigenvalue weighted by Gasteiger charge is -2.07. The van der Waals surface area contributed by atoms with Gasteiger partial charge in [0.25, 0.3) is 0 Å². The molecule has 16 heavy (non-hydrogen) atoms. The third kappa shape index (κ3) is 1.41. The highest BCUT2D eigenvalue weighted by molar-refractivity contribution is 7.12. The molecule has 0 bridgehead atoms. The molecule has 1 atom stereocenters. The lowest BCUT2D eigenvalue weighted by molar-refractivity contribution is 0.508. The Morgan fingerprint density at radius 2 is 2.44 bits per heavy atom. The standard InChI is InChI=1S/C12H14N2OS/c1-7(6-13)12-14-11-8-4-5-15-9(8)2-3-10(11)16-12/h4-5,7H,2-3,6,13H2,1H3. The van der Waals surface area contributed by atoms with Gasteiger partial charge >= 0.3 is 0 Å². The van der Waals surface area contributed by atoms with E-state index in [0.717, 1.165) is 29.3 Å². The van der Waals surface area contributed by atoms with Crippen LogP contribution in [0.4, 0.5) is 0 Å². The second-order valence-electron chi connectivity index (χ2n) is 4.22. The molecule has 2 aromatic rings. The van der Waals surface area contributed by atoms with Gasteiger partial charge in [-0.05, 0) is 12.5 Å². The number of nitrogens with two attached hydrogens (primary N) is 1. The molecular weight excluding hydrogens is 220 g/mol. The predicted molar refractivity (Wildman–Crippen MR) is 64.7 cm³/mol. The van der Waals surface area contributed by atoms with Crippen molar-refractivity contribution in [3.63, 3.8) is 0 Å². The lowest BCUT2D eigenvalue weighted by Crippen LogP contribution is -2.08. The average Bonchev–Trinajstić information content (AvgIpc) is 2.92. The maximum Gasteiger partial charge on any atom is 0.113 e. The molecule has 3 rings (SSSR count). The number of furan rings is 1. The van der Waals surface area contributed by atoms with Crippen LogP contribution in [0.3, 0.4) is 0 Å². The van der Waals surface area contributed by atoms with Crippen molar-refractivity contribution >= 4 is 11.3 Å². The van der Waals surface area contributed by atoms with Gasteiger partial charge in [-0.25, -0.2) is 4.98 Å². The Labute approximate surface area is 98.3 Å². The fraction of sp³-hybridized carbons (Fsp3) is 0.417. The molecule has 0 radical (unpaired) electrons. The first-order chi connectivity index (χ1) is 7.79. The summed E-state index contributed by atoms with van der Waals surface area (Å²) in [5.41, 5.74) is 7.98. The van der Waals surface area contributed by atoms with E-state index >= 15 is 0 Å². The van der Waals surface area contributed by atoms with E-state index < -0.39 is 0 Å². The van der Waals surface area contributed by atoms with E-state index in [1.54, 1.807) is 17.6 Å². The Morgan fingerprint density at radius 3 is 3.25 bits per heavy atom. The quantitative estimate of drug-likeness (QED) is 0.868. The maximum absolute atomic E-state index is 5.68. The van der Waals surface area contributed by atoms with E-state index in [1.807, 2.05) is 6.07 Å². The van der Waals surface area contributed by atoms with E-state index in [1.165, 1.54) is 10.4 Å². The van der Waals surface area contributed by atoms with E-state index in [4.69, 9.17) is 15.1 Å². The summed E-state index contributed by atoms with van der Waals surface area (Å²) >= 11 is 1.80. The van der Waals surface area contributed by atoms with Crippen LogP contribution in [0.2, 0.25) is 0 Å². The van der Waals surface area contributed by atoms with Crippen molar-refractivity contribution < 1.29 is 4.42 Å². The zero-order valence-electron chi connectivity index (χ0n) is 9.19. The van der Waals surface area contributed by atoms with Gasteiger partial charge in [0.15, 0.2) is 0 Å². The third-order valence-electron chi connectivity index (χ3n) is 3.07. The Balaban J connectivity index is 2.08. The fourth-order valence-corrected chi connectivity index (χ4v) is 3.18. The number of aromatic nitrogens is 1. The molecule has 2 aromatic heterocycles. The average molecular weight is 234 g/mol. The molecule has 3 nitrogen and oxygen atoms in total. The SMILES string of the molecule is CC(CN)c1nc2c(s1)CCc1occc1-2. The van der Waals surface area contributed by atoms with Gasteiger partial charge in [0.05, 0.1) is 17.0 Å². The molecule has 1 unspecified atom stereocenters. The topological polar surface area (TPSA) is 52.0 Å². The molecule has 1 aliphatic carbocycles. The molecular formula is C12H14N2OS. The van der Waals surface area contributed by atoms with Crippen LogP contribution in [0.1, 0.15) is 28.5 Å². The van der Waals surface area contributed by atoms with Crippen molar-refractivity contribution in [3.8, 4) is 11.3 Å². The Hall–Kier alpha value is -1.13. The van der Waals surface area contributed by atoms with Crippen LogP contribution >= 0.6 is 11.3 Å². The summed E-state index contributed by atoms with van der Waals surface area (Å²) in [4.78, 5) is 6.09. The molecule has 0 spiro atoms. The minimum atomic E-state index is 0.353. The summed E-state index contributed by atoms with van der Waals surface area (Å²) in [6.07, 6.45) is 3.80. The number of thiazole rings is 1. The van der Waals surface area contributed by atoms with Crippen LogP contribution in [0, 0.1) is 0 Å². The summed E-state index contributed by atoms with van der Waals surface area (Å²) in [5, 5.41) is 1.15. The molecule has 0 amide bonds. The molecule has 2 heterocycles. The summed E-state index contributed by atoms with van der Waals surface area (Å²) in [5.74, 6) is 1.43. The molecule has 0 saturated carbocycles. The van der Waals surface area contributed by atoms with Gasteiger partial charge in [0.1, 0.15) is 5.76 Å². The van der Waals surface area contributed by atoms with Gasteiger partial charge in [-0.1, -0.05) is 6.92 Å². The third-order valence-corrected chi connectivity index (χ3v) is 4.42. The van der Waals surface area contributed by atoms with Gasteiger partial charge < -0.3 is 10.2 Å². The predicted octanol–water partition coefficient (Wildman–Crippen LogP) is 2.56. The molecule has 4 heteroatoms. The normalized spacial score (nSPS) is 15.6. The second kappa shape index (κ2) is 3.71. The van der Waals surface area contributed by atoms with Crippen LogP contribution in [0.5, 0.6) is 0 Å². The van der Waals surface area contributed by atoms with Gasteiger partial charge in [-0.15, -0.1) is 11.3 Å². The molecule has 0 aromatic carbocycles. The number of fused-ring (bicyclic) bond motifs is 3. The number of rotatable bonds is 2. The highest BCUT2D eigenvalue weighted by atomic mass is 32.1. The van der Waals surface area contributed by atoms with Crippen molar-refractivity contribution in [2.75, 3.05) is 6.54 Å². The van der Waals surface area contributed by atoms with E-state index in [2.05, 4.69) is 6.92 Å². The zero-order chi connectivity index (χ0) is 11.1. The smallest absolute Gasteiger partial charge is 0.113 e. The monoisotopic (exact) mass is 234 g/mol. The van der Waals surface area contributed by atoms with Gasteiger partial charge in [0.2, 0.25) is 0 Å². The largest absolute Gasteiger partial charge is 0.469 e. The van der Waals surface area contributed by atoms with Crippen LogP contribution < -0.4 is 5.73 Å². The van der Waals surface area contributed by atoms with E-state index in [-0.39, 0.29) is 0 Å². The molecule has 84 valence electrons. The molecule has 2 N–H and O–H groups in total. The Kier molecular flexibility index (Phi) is 2.33. The minimum Gasteiger partial charge on any atom is -0.469 e. The van der Waals surface area contributed by atoms with Crippen LogP contribution in [0.15, 0.2) is 16.7 Å². The maximum atomic E-state index is 5.68. The first-order valence-electron chi connectivity index (χ1n) is 5.56. The van der Waals surface area contributed by atoms with Crippen LogP contribution in [-0.4, -0.2) is 11.5 Å². The lowest BCUT2D eigenvalue weighted by atomic mass is 10.0. The minimum absolute atomic E-state index is 0.353. The summed E-state index contributed by atoms with van der Waals surface area (Å²) < 4.78 is 5.45. The molecule has 0 saturated heterocycles. The van der Waals surface area contributed by atoms with E-state index in [0.29, 0.717) is 12.5 Å². The second-order valence-corrected chi connectivity index (χ2v) is 5.33. The summed E-state index contributed by atoms with van der Waals surface area (Å²) in [6.45, 7) is 2.78. The summed E-state index contributed by atoms with van der Waals surface area (Å²) in [6, 6.07) is 2.02. The van der Waals surface area contributed by atoms with Crippen LogP contribution in [-0.2, 0) is 12.8 Å². The van der Waals surface area contributed by atoms with E-state index in [9.17, 15) is 0 Å². The highest BCUT2D eigenvalue weighted by Crippen LogP contribution is 2.38. The van der Waals surface area contributed by atoms with Crippen molar-refractivity contribution in [3.05, 3.63) is 28.0 Å². The van der Waals surface area contributed by atoms with Crippen molar-refractivity contribution in [1.29, 1.82) is 0 Å². The van der Waals surface area contributed by atoms with Gasteiger partial charge in [0, 0.05) is 29.3 Å². The Bertz CT molecular complexity index is 515. The first-order valence-corrected chi connectivity index (χ1v) is 6.37. The molecule has 0 aliphatic heterocycles.